The van der Waals surface area contributed by atoms with Crippen molar-refractivity contribution < 1.29 is 14.6 Å². The van der Waals surface area contributed by atoms with Gasteiger partial charge in [-0.15, -0.1) is 0 Å². The fourth-order valence-corrected chi connectivity index (χ4v) is 2.27. The summed E-state index contributed by atoms with van der Waals surface area (Å²) in [5.74, 6) is 0.186. The Bertz CT molecular complexity index is 633. The number of halogens is 2. The molecule has 0 aliphatic carbocycles. The molecule has 2 N–H and O–H groups in total. The highest BCUT2D eigenvalue weighted by Crippen LogP contribution is 2.27. The summed E-state index contributed by atoms with van der Waals surface area (Å²) in [5, 5.41) is 15.7. The van der Waals surface area contributed by atoms with E-state index in [0.29, 0.717) is 10.8 Å². The number of aliphatic hydroxyl groups is 1. The third-order valence-corrected chi connectivity index (χ3v) is 3.31. The van der Waals surface area contributed by atoms with Crippen molar-refractivity contribution in [1.29, 1.82) is 0 Å². The van der Waals surface area contributed by atoms with Crippen LogP contribution in [-0.4, -0.2) is 33.9 Å². The minimum Gasteiger partial charge on any atom is -0.470 e. The molecule has 2 rings (SSSR count). The van der Waals surface area contributed by atoms with Crippen molar-refractivity contribution in [1.82, 2.24) is 15.1 Å². The lowest BCUT2D eigenvalue weighted by Gasteiger charge is -2.08. The molecule has 0 spiro atoms. The Morgan fingerprint density at radius 1 is 1.48 bits per heavy atom. The molecule has 21 heavy (non-hydrogen) atoms. The number of hydrogen-bond acceptors (Lipinski definition) is 4. The van der Waals surface area contributed by atoms with Gasteiger partial charge in [0.25, 0.3) is 5.91 Å². The van der Waals surface area contributed by atoms with Crippen LogP contribution in [0.3, 0.4) is 0 Å². The summed E-state index contributed by atoms with van der Waals surface area (Å²) >= 11 is 9.35. The fourth-order valence-electron chi connectivity index (χ4n) is 1.54. The zero-order valence-electron chi connectivity index (χ0n) is 10.9. The second-order valence-electron chi connectivity index (χ2n) is 4.07. The fraction of sp³-hybridized carbons (Fsp3) is 0.231. The first kappa shape index (κ1) is 15.8. The Balaban J connectivity index is 1.95. The minimum atomic E-state index is -0.343. The molecule has 1 amide bonds. The van der Waals surface area contributed by atoms with Crippen LogP contribution < -0.4 is 10.1 Å². The van der Waals surface area contributed by atoms with Crippen LogP contribution >= 0.6 is 27.5 Å². The second kappa shape index (κ2) is 7.44. The number of benzene rings is 1. The molecule has 0 bridgehead atoms. The molecule has 1 aromatic carbocycles. The maximum absolute atomic E-state index is 11.6. The third-order valence-electron chi connectivity index (χ3n) is 2.52. The second-order valence-corrected chi connectivity index (χ2v) is 5.39. The number of hydrogen-bond donors (Lipinski definition) is 2. The highest BCUT2D eigenvalue weighted by Gasteiger charge is 2.09. The first-order valence-corrected chi connectivity index (χ1v) is 7.27. The van der Waals surface area contributed by atoms with E-state index in [-0.39, 0.29) is 31.5 Å². The van der Waals surface area contributed by atoms with Gasteiger partial charge in [-0.3, -0.25) is 4.79 Å². The van der Waals surface area contributed by atoms with Gasteiger partial charge in [0.15, 0.2) is 6.73 Å². The Hall–Kier alpha value is -1.57. The summed E-state index contributed by atoms with van der Waals surface area (Å²) in [6.07, 6.45) is 1.63. The number of carbonyl (C=O) groups is 1. The molecule has 6 nitrogen and oxygen atoms in total. The zero-order chi connectivity index (χ0) is 15.2. The molecule has 2 aromatic rings. The van der Waals surface area contributed by atoms with Crippen LogP contribution in [0.4, 0.5) is 0 Å². The number of aromatic nitrogens is 2. The normalized spacial score (nSPS) is 10.4. The summed E-state index contributed by atoms with van der Waals surface area (Å²) in [4.78, 5) is 11.6. The molecule has 0 radical (unpaired) electrons. The van der Waals surface area contributed by atoms with E-state index >= 15 is 0 Å². The van der Waals surface area contributed by atoms with Gasteiger partial charge >= 0.3 is 0 Å². The van der Waals surface area contributed by atoms with Gasteiger partial charge in [-0.25, -0.2) is 4.68 Å². The SMILES string of the molecule is O=C(NCCO)c1ccn(COc2ccc(Br)cc2Cl)n1. The quantitative estimate of drug-likeness (QED) is 0.811. The molecule has 0 saturated heterocycles. The Morgan fingerprint density at radius 2 is 2.29 bits per heavy atom. The average molecular weight is 375 g/mol. The molecule has 0 fully saturated rings. The molecule has 0 saturated carbocycles. The Morgan fingerprint density at radius 3 is 3.00 bits per heavy atom. The van der Waals surface area contributed by atoms with Gasteiger partial charge in [-0.2, -0.15) is 5.10 Å². The summed E-state index contributed by atoms with van der Waals surface area (Å²) in [6, 6.07) is 6.86. The van der Waals surface area contributed by atoms with Crippen molar-refractivity contribution in [3.05, 3.63) is 45.7 Å². The van der Waals surface area contributed by atoms with Crippen LogP contribution in [0.15, 0.2) is 34.9 Å². The number of ether oxygens (including phenoxy) is 1. The van der Waals surface area contributed by atoms with Gasteiger partial charge in [0.05, 0.1) is 11.6 Å². The highest BCUT2D eigenvalue weighted by molar-refractivity contribution is 9.10. The van der Waals surface area contributed by atoms with E-state index in [1.165, 1.54) is 4.68 Å². The van der Waals surface area contributed by atoms with Crippen molar-refractivity contribution in [3.63, 3.8) is 0 Å². The smallest absolute Gasteiger partial charge is 0.271 e. The maximum Gasteiger partial charge on any atom is 0.271 e. The monoisotopic (exact) mass is 373 g/mol. The molecule has 0 unspecified atom stereocenters. The molecule has 0 aliphatic heterocycles. The minimum absolute atomic E-state index is 0.113. The van der Waals surface area contributed by atoms with E-state index in [2.05, 4.69) is 26.3 Å². The maximum atomic E-state index is 11.6. The van der Waals surface area contributed by atoms with Crippen LogP contribution in [0.5, 0.6) is 5.75 Å². The van der Waals surface area contributed by atoms with E-state index in [9.17, 15) is 4.79 Å². The van der Waals surface area contributed by atoms with Crippen LogP contribution in [0.1, 0.15) is 10.5 Å². The zero-order valence-corrected chi connectivity index (χ0v) is 13.3. The Kier molecular flexibility index (Phi) is 5.60. The van der Waals surface area contributed by atoms with E-state index in [4.69, 9.17) is 21.4 Å². The largest absolute Gasteiger partial charge is 0.470 e. The molecule has 1 heterocycles. The first-order chi connectivity index (χ1) is 10.1. The number of rotatable bonds is 6. The van der Waals surface area contributed by atoms with Gasteiger partial charge in [-0.05, 0) is 24.3 Å². The number of nitrogens with zero attached hydrogens (tertiary/aromatic N) is 2. The van der Waals surface area contributed by atoms with Crippen molar-refractivity contribution in [2.24, 2.45) is 0 Å². The predicted octanol–water partition coefficient (Wildman–Crippen LogP) is 2.06. The van der Waals surface area contributed by atoms with E-state index in [0.717, 1.165) is 4.47 Å². The summed E-state index contributed by atoms with van der Waals surface area (Å²) < 4.78 is 7.87. The number of aliphatic hydroxyl groups excluding tert-OH is 1. The average Bonchev–Trinajstić information content (AvgIpc) is 2.93. The third kappa shape index (κ3) is 4.45. The van der Waals surface area contributed by atoms with E-state index < -0.39 is 0 Å². The van der Waals surface area contributed by atoms with Crippen LogP contribution in [0, 0.1) is 0 Å². The van der Waals surface area contributed by atoms with Gasteiger partial charge in [0, 0.05) is 17.2 Å². The lowest BCUT2D eigenvalue weighted by Crippen LogP contribution is -2.26. The molecule has 0 atom stereocenters. The predicted molar refractivity (Wildman–Crippen MR) is 81.4 cm³/mol. The van der Waals surface area contributed by atoms with Crippen molar-refractivity contribution >= 4 is 33.4 Å². The van der Waals surface area contributed by atoms with Crippen molar-refractivity contribution in [2.45, 2.75) is 6.73 Å². The van der Waals surface area contributed by atoms with Gasteiger partial charge in [0.1, 0.15) is 11.4 Å². The van der Waals surface area contributed by atoms with Crippen LogP contribution in [0.2, 0.25) is 5.02 Å². The van der Waals surface area contributed by atoms with E-state index in [1.807, 2.05) is 6.07 Å². The van der Waals surface area contributed by atoms with Gasteiger partial charge in [-0.1, -0.05) is 27.5 Å². The summed E-state index contributed by atoms with van der Waals surface area (Å²) in [7, 11) is 0. The topological polar surface area (TPSA) is 76.4 Å². The van der Waals surface area contributed by atoms with Gasteiger partial charge in [0.2, 0.25) is 0 Å². The van der Waals surface area contributed by atoms with E-state index in [1.54, 1.807) is 24.4 Å². The molecule has 8 heteroatoms. The van der Waals surface area contributed by atoms with Crippen molar-refractivity contribution in [3.8, 4) is 5.75 Å². The highest BCUT2D eigenvalue weighted by atomic mass is 79.9. The van der Waals surface area contributed by atoms with Gasteiger partial charge < -0.3 is 15.2 Å². The lowest BCUT2D eigenvalue weighted by molar-refractivity contribution is 0.0937. The van der Waals surface area contributed by atoms with Crippen molar-refractivity contribution in [2.75, 3.05) is 13.2 Å². The number of nitrogens with one attached hydrogen (secondary N) is 1. The van der Waals surface area contributed by atoms with Crippen LogP contribution in [0.25, 0.3) is 0 Å². The van der Waals surface area contributed by atoms with Crippen LogP contribution in [-0.2, 0) is 6.73 Å². The Labute approximate surface area is 134 Å². The first-order valence-electron chi connectivity index (χ1n) is 6.10. The number of carbonyl (C=O) groups excluding carboxylic acids is 1. The molecule has 0 aliphatic rings. The molecular weight excluding hydrogens is 362 g/mol. The summed E-state index contributed by atoms with van der Waals surface area (Å²) in [5.41, 5.74) is 0.258. The number of amides is 1. The standard InChI is InChI=1S/C13H13BrClN3O3/c14-9-1-2-12(10(15)7-9)21-8-18-5-3-11(17-18)13(20)16-4-6-19/h1-3,5,7,19H,4,6,8H2,(H,16,20). The molecular formula is C13H13BrClN3O3. The summed E-state index contributed by atoms with van der Waals surface area (Å²) in [6.45, 7) is 0.211. The molecule has 112 valence electrons. The molecule has 1 aromatic heterocycles. The lowest BCUT2D eigenvalue weighted by atomic mass is 10.3.